The van der Waals surface area contributed by atoms with Crippen molar-refractivity contribution in [2.45, 2.75) is 32.9 Å². The Morgan fingerprint density at radius 1 is 1.11 bits per heavy atom. The number of nitrogens with two attached hydrogens (primary N) is 1. The van der Waals surface area contributed by atoms with E-state index in [1.165, 1.54) is 11.6 Å². The summed E-state index contributed by atoms with van der Waals surface area (Å²) < 4.78 is 20.0. The van der Waals surface area contributed by atoms with E-state index in [9.17, 15) is 9.18 Å². The SMILES string of the molecule is CC[C@H](CN)OC(=O)Nc1ccc(-c2ccc(CNC/C(C)=C/c3ccccc3NC)cc2)c(F)c1. The molecular formula is C29H35FN4O2. The van der Waals surface area contributed by atoms with Gasteiger partial charge in [-0.15, -0.1) is 0 Å². The highest BCUT2D eigenvalue weighted by Gasteiger charge is 2.12. The first-order valence-electron chi connectivity index (χ1n) is 12.1. The zero-order chi connectivity index (χ0) is 25.9. The molecule has 3 aromatic carbocycles. The lowest BCUT2D eigenvalue weighted by Crippen LogP contribution is -2.28. The van der Waals surface area contributed by atoms with Gasteiger partial charge < -0.3 is 21.1 Å². The molecule has 6 nitrogen and oxygen atoms in total. The lowest BCUT2D eigenvalue weighted by Gasteiger charge is -2.15. The maximum atomic E-state index is 14.8. The van der Waals surface area contributed by atoms with Gasteiger partial charge in [-0.05, 0) is 54.3 Å². The van der Waals surface area contributed by atoms with Crippen LogP contribution in [-0.4, -0.2) is 32.3 Å². The molecule has 0 aliphatic heterocycles. The number of halogens is 1. The second-order valence-corrected chi connectivity index (χ2v) is 8.62. The molecule has 0 spiro atoms. The largest absolute Gasteiger partial charge is 0.445 e. The first-order valence-corrected chi connectivity index (χ1v) is 12.1. The molecule has 0 radical (unpaired) electrons. The van der Waals surface area contributed by atoms with Crippen molar-refractivity contribution < 1.29 is 13.9 Å². The standard InChI is InChI=1S/C29H35FN4O2/c1-4-25(17-31)36-29(35)34-24-13-14-26(27(30)16-24)22-11-9-21(10-12-22)19-33-18-20(2)15-23-7-5-6-8-28(23)32-3/h5-16,25,32-33H,4,17-19,31H2,1-3H3,(H,34,35)/b20-15+/t25-/m1/s1. The monoisotopic (exact) mass is 490 g/mol. The molecule has 0 bridgehead atoms. The molecule has 0 aliphatic rings. The molecule has 0 fully saturated rings. The summed E-state index contributed by atoms with van der Waals surface area (Å²) >= 11 is 0. The minimum absolute atomic E-state index is 0.240. The minimum Gasteiger partial charge on any atom is -0.445 e. The van der Waals surface area contributed by atoms with E-state index in [1.54, 1.807) is 12.1 Å². The molecule has 1 atom stereocenters. The Labute approximate surface area is 212 Å². The van der Waals surface area contributed by atoms with Crippen LogP contribution in [0.15, 0.2) is 72.3 Å². The summed E-state index contributed by atoms with van der Waals surface area (Å²) in [7, 11) is 1.92. The summed E-state index contributed by atoms with van der Waals surface area (Å²) in [5.74, 6) is -0.424. The number of carbonyl (C=O) groups is 1. The Morgan fingerprint density at radius 2 is 1.86 bits per heavy atom. The molecular weight excluding hydrogens is 455 g/mol. The minimum atomic E-state index is -0.646. The first-order chi connectivity index (χ1) is 17.4. The Hall–Kier alpha value is -3.68. The summed E-state index contributed by atoms with van der Waals surface area (Å²) in [5.41, 5.74) is 11.7. The van der Waals surface area contributed by atoms with E-state index < -0.39 is 11.9 Å². The van der Waals surface area contributed by atoms with E-state index >= 15 is 0 Å². The number of hydrogen-bond donors (Lipinski definition) is 4. The molecule has 1 amide bonds. The van der Waals surface area contributed by atoms with E-state index in [4.69, 9.17) is 10.5 Å². The van der Waals surface area contributed by atoms with Crippen molar-refractivity contribution in [2.24, 2.45) is 5.73 Å². The second kappa shape index (κ2) is 13.4. The summed E-state index contributed by atoms with van der Waals surface area (Å²) in [6, 6.07) is 20.5. The van der Waals surface area contributed by atoms with Crippen LogP contribution in [0.25, 0.3) is 17.2 Å². The third kappa shape index (κ3) is 7.66. The number of amides is 1. The summed E-state index contributed by atoms with van der Waals surface area (Å²) in [6.45, 7) is 5.68. The topological polar surface area (TPSA) is 88.4 Å². The van der Waals surface area contributed by atoms with Crippen molar-refractivity contribution in [1.29, 1.82) is 0 Å². The predicted molar refractivity (Wildman–Crippen MR) is 146 cm³/mol. The average molecular weight is 491 g/mol. The summed E-state index contributed by atoms with van der Waals surface area (Å²) in [6.07, 6.45) is 1.78. The number of anilines is 2. The fourth-order valence-electron chi connectivity index (χ4n) is 3.80. The van der Waals surface area contributed by atoms with Crippen LogP contribution in [0.3, 0.4) is 0 Å². The van der Waals surface area contributed by atoms with Gasteiger partial charge >= 0.3 is 6.09 Å². The van der Waals surface area contributed by atoms with E-state index in [1.807, 2.05) is 50.4 Å². The van der Waals surface area contributed by atoms with Crippen LogP contribution in [0.1, 0.15) is 31.4 Å². The lowest BCUT2D eigenvalue weighted by atomic mass is 10.0. The smallest absolute Gasteiger partial charge is 0.411 e. The maximum absolute atomic E-state index is 14.8. The zero-order valence-corrected chi connectivity index (χ0v) is 21.1. The van der Waals surface area contributed by atoms with Crippen LogP contribution in [0, 0.1) is 5.82 Å². The van der Waals surface area contributed by atoms with E-state index in [-0.39, 0.29) is 12.6 Å². The van der Waals surface area contributed by atoms with E-state index in [2.05, 4.69) is 41.1 Å². The van der Waals surface area contributed by atoms with Crippen molar-refractivity contribution in [3.8, 4) is 11.1 Å². The van der Waals surface area contributed by atoms with Crippen molar-refractivity contribution in [1.82, 2.24) is 5.32 Å². The van der Waals surface area contributed by atoms with Gasteiger partial charge in [0.1, 0.15) is 11.9 Å². The molecule has 3 rings (SSSR count). The van der Waals surface area contributed by atoms with Gasteiger partial charge in [-0.3, -0.25) is 5.32 Å². The molecule has 5 N–H and O–H groups in total. The summed E-state index contributed by atoms with van der Waals surface area (Å²) in [4.78, 5) is 12.0. The van der Waals surface area contributed by atoms with Crippen molar-refractivity contribution in [3.63, 3.8) is 0 Å². The van der Waals surface area contributed by atoms with Crippen molar-refractivity contribution >= 4 is 23.5 Å². The third-order valence-corrected chi connectivity index (χ3v) is 5.84. The van der Waals surface area contributed by atoms with Crippen LogP contribution >= 0.6 is 0 Å². The predicted octanol–water partition coefficient (Wildman–Crippen LogP) is 6.01. The fourth-order valence-corrected chi connectivity index (χ4v) is 3.80. The van der Waals surface area contributed by atoms with Gasteiger partial charge in [-0.1, -0.05) is 61.0 Å². The van der Waals surface area contributed by atoms with Gasteiger partial charge in [0.15, 0.2) is 0 Å². The quantitative estimate of drug-likeness (QED) is 0.264. The number of benzene rings is 3. The molecule has 0 heterocycles. The second-order valence-electron chi connectivity index (χ2n) is 8.62. The van der Waals surface area contributed by atoms with Crippen LogP contribution in [0.5, 0.6) is 0 Å². The number of rotatable bonds is 11. The molecule has 190 valence electrons. The molecule has 0 saturated carbocycles. The lowest BCUT2D eigenvalue weighted by molar-refractivity contribution is 0.112. The molecule has 0 saturated heterocycles. The van der Waals surface area contributed by atoms with Gasteiger partial charge in [-0.25, -0.2) is 9.18 Å². The Kier molecular flexibility index (Phi) is 10.0. The number of nitrogens with one attached hydrogen (secondary N) is 3. The number of para-hydroxylation sites is 1. The Bertz CT molecular complexity index is 1170. The molecule has 7 heteroatoms. The van der Waals surface area contributed by atoms with Crippen LogP contribution in [-0.2, 0) is 11.3 Å². The number of hydrogen-bond acceptors (Lipinski definition) is 5. The van der Waals surface area contributed by atoms with Gasteiger partial charge in [0.2, 0.25) is 0 Å². The van der Waals surface area contributed by atoms with Crippen LogP contribution < -0.4 is 21.7 Å². The fraction of sp³-hybridized carbons (Fsp3) is 0.276. The van der Waals surface area contributed by atoms with Crippen molar-refractivity contribution in [2.75, 3.05) is 30.8 Å². The van der Waals surface area contributed by atoms with Crippen molar-refractivity contribution in [3.05, 3.63) is 89.2 Å². The third-order valence-electron chi connectivity index (χ3n) is 5.84. The van der Waals surface area contributed by atoms with Gasteiger partial charge in [0, 0.05) is 43.6 Å². The van der Waals surface area contributed by atoms with Gasteiger partial charge in [0.25, 0.3) is 0 Å². The number of carbonyl (C=O) groups excluding carboxylic acids is 1. The molecule has 0 unspecified atom stereocenters. The van der Waals surface area contributed by atoms with Crippen LogP contribution in [0.2, 0.25) is 0 Å². The average Bonchev–Trinajstić information content (AvgIpc) is 2.88. The van der Waals surface area contributed by atoms with Crippen LogP contribution in [0.4, 0.5) is 20.6 Å². The van der Waals surface area contributed by atoms with E-state index in [0.717, 1.165) is 28.9 Å². The highest BCUT2D eigenvalue weighted by atomic mass is 19.1. The summed E-state index contributed by atoms with van der Waals surface area (Å²) in [5, 5.41) is 9.21. The molecule has 3 aromatic rings. The maximum Gasteiger partial charge on any atom is 0.411 e. The Morgan fingerprint density at radius 3 is 2.53 bits per heavy atom. The zero-order valence-electron chi connectivity index (χ0n) is 21.1. The normalized spacial score (nSPS) is 12.2. The molecule has 0 aliphatic carbocycles. The van der Waals surface area contributed by atoms with Gasteiger partial charge in [0.05, 0.1) is 0 Å². The highest BCUT2D eigenvalue weighted by molar-refractivity contribution is 5.85. The number of ether oxygens (including phenoxy) is 1. The molecule has 0 aromatic heterocycles. The van der Waals surface area contributed by atoms with Gasteiger partial charge in [-0.2, -0.15) is 0 Å². The molecule has 36 heavy (non-hydrogen) atoms. The van der Waals surface area contributed by atoms with E-state index in [0.29, 0.717) is 24.2 Å². The first kappa shape index (κ1) is 26.9. The highest BCUT2D eigenvalue weighted by Crippen LogP contribution is 2.26. The Balaban J connectivity index is 1.55.